The van der Waals surface area contributed by atoms with Gasteiger partial charge in [-0.15, -0.1) is 5.92 Å². The van der Waals surface area contributed by atoms with E-state index < -0.39 is 0 Å². The van der Waals surface area contributed by atoms with E-state index >= 15 is 0 Å². The van der Waals surface area contributed by atoms with Crippen LogP contribution in [0.1, 0.15) is 46.0 Å². The fourth-order valence-corrected chi connectivity index (χ4v) is 2.15. The molecule has 1 unspecified atom stereocenters. The lowest BCUT2D eigenvalue weighted by Gasteiger charge is -2.26. The van der Waals surface area contributed by atoms with Crippen molar-refractivity contribution in [2.45, 2.75) is 58.2 Å². The maximum atomic E-state index is 11.9. The molecule has 0 aromatic carbocycles. The fourth-order valence-electron chi connectivity index (χ4n) is 2.15. The molecule has 0 bridgehead atoms. The van der Waals surface area contributed by atoms with E-state index in [0.717, 1.165) is 32.1 Å². The Morgan fingerprint density at radius 3 is 2.47 bits per heavy atom. The third kappa shape index (κ3) is 4.40. The Hall–Kier alpha value is -1.01. The summed E-state index contributed by atoms with van der Waals surface area (Å²) < 4.78 is 10.7. The monoisotopic (exact) mass is 238 g/mol. The highest BCUT2D eigenvalue weighted by molar-refractivity contribution is 5.73. The first-order chi connectivity index (χ1) is 8.21. The number of hydrogen-bond donors (Lipinski definition) is 0. The molecule has 1 atom stereocenters. The standard InChI is InChI=1S/C14H22O3/c1-4-6-12(5-2)17-14(15)11-7-9-13(16-3)10-8-11/h11-13H,5,7-10H2,1-3H3. The Morgan fingerprint density at radius 2 is 2.00 bits per heavy atom. The molecule has 17 heavy (non-hydrogen) atoms. The van der Waals surface area contributed by atoms with Gasteiger partial charge in [0.15, 0.2) is 6.10 Å². The van der Waals surface area contributed by atoms with Gasteiger partial charge < -0.3 is 9.47 Å². The molecule has 0 N–H and O–H groups in total. The lowest BCUT2D eigenvalue weighted by molar-refractivity contribution is -0.153. The third-order valence-corrected chi connectivity index (χ3v) is 3.28. The molecule has 3 heteroatoms. The average molecular weight is 238 g/mol. The highest BCUT2D eigenvalue weighted by Crippen LogP contribution is 2.27. The molecular weight excluding hydrogens is 216 g/mol. The van der Waals surface area contributed by atoms with Gasteiger partial charge in [0.05, 0.1) is 12.0 Å². The second kappa shape index (κ2) is 7.34. The highest BCUT2D eigenvalue weighted by Gasteiger charge is 2.28. The van der Waals surface area contributed by atoms with E-state index in [1.54, 1.807) is 14.0 Å². The predicted octanol–water partition coefficient (Wildman–Crippen LogP) is 2.54. The van der Waals surface area contributed by atoms with Crippen LogP contribution in [0.25, 0.3) is 0 Å². The van der Waals surface area contributed by atoms with Gasteiger partial charge in [0, 0.05) is 7.11 Å². The van der Waals surface area contributed by atoms with Gasteiger partial charge in [-0.05, 0) is 39.0 Å². The second-order valence-electron chi connectivity index (χ2n) is 4.44. The molecule has 1 aliphatic rings. The zero-order valence-electron chi connectivity index (χ0n) is 11.0. The van der Waals surface area contributed by atoms with E-state index in [2.05, 4.69) is 11.8 Å². The average Bonchev–Trinajstić information content (AvgIpc) is 2.38. The summed E-state index contributed by atoms with van der Waals surface area (Å²) >= 11 is 0. The number of carbonyl (C=O) groups excluding carboxylic acids is 1. The van der Waals surface area contributed by atoms with Crippen LogP contribution in [0.3, 0.4) is 0 Å². The van der Waals surface area contributed by atoms with Gasteiger partial charge in [-0.25, -0.2) is 0 Å². The van der Waals surface area contributed by atoms with Crippen LogP contribution in [0.5, 0.6) is 0 Å². The minimum absolute atomic E-state index is 0.0362. The maximum absolute atomic E-state index is 11.9. The van der Waals surface area contributed by atoms with Crippen LogP contribution in [-0.4, -0.2) is 25.3 Å². The van der Waals surface area contributed by atoms with Gasteiger partial charge in [0.2, 0.25) is 0 Å². The molecule has 0 heterocycles. The van der Waals surface area contributed by atoms with E-state index in [-0.39, 0.29) is 18.0 Å². The second-order valence-corrected chi connectivity index (χ2v) is 4.44. The molecule has 96 valence electrons. The Bertz CT molecular complexity index is 292. The largest absolute Gasteiger partial charge is 0.449 e. The van der Waals surface area contributed by atoms with Crippen molar-refractivity contribution in [3.63, 3.8) is 0 Å². The summed E-state index contributed by atoms with van der Waals surface area (Å²) in [5, 5.41) is 0. The number of ether oxygens (including phenoxy) is 2. The molecule has 0 radical (unpaired) electrons. The molecule has 0 aliphatic heterocycles. The van der Waals surface area contributed by atoms with Crippen molar-refractivity contribution in [3.8, 4) is 11.8 Å². The summed E-state index contributed by atoms with van der Waals surface area (Å²) in [7, 11) is 1.73. The summed E-state index contributed by atoms with van der Waals surface area (Å²) in [4.78, 5) is 11.9. The summed E-state index contributed by atoms with van der Waals surface area (Å²) in [5.41, 5.74) is 0. The van der Waals surface area contributed by atoms with Gasteiger partial charge >= 0.3 is 5.97 Å². The first-order valence-electron chi connectivity index (χ1n) is 6.36. The number of hydrogen-bond acceptors (Lipinski definition) is 3. The molecule has 0 spiro atoms. The number of esters is 1. The van der Waals surface area contributed by atoms with Crippen LogP contribution < -0.4 is 0 Å². The van der Waals surface area contributed by atoms with Crippen molar-refractivity contribution in [1.29, 1.82) is 0 Å². The van der Waals surface area contributed by atoms with Gasteiger partial charge in [0.25, 0.3) is 0 Å². The van der Waals surface area contributed by atoms with Gasteiger partial charge in [-0.3, -0.25) is 4.79 Å². The minimum atomic E-state index is -0.243. The van der Waals surface area contributed by atoms with E-state index in [0.29, 0.717) is 6.10 Å². The normalized spacial score (nSPS) is 25.6. The first kappa shape index (κ1) is 14.1. The lowest BCUT2D eigenvalue weighted by atomic mass is 9.87. The molecular formula is C14H22O3. The van der Waals surface area contributed by atoms with Gasteiger partial charge in [-0.2, -0.15) is 0 Å². The van der Waals surface area contributed by atoms with E-state index in [9.17, 15) is 4.79 Å². The van der Waals surface area contributed by atoms with Gasteiger partial charge in [-0.1, -0.05) is 12.8 Å². The molecule has 0 aromatic rings. The molecule has 1 fully saturated rings. The quantitative estimate of drug-likeness (QED) is 0.557. The highest BCUT2D eigenvalue weighted by atomic mass is 16.5. The maximum Gasteiger partial charge on any atom is 0.310 e. The zero-order valence-corrected chi connectivity index (χ0v) is 11.0. The summed E-state index contributed by atoms with van der Waals surface area (Å²) in [5.74, 6) is 5.65. The number of carbonyl (C=O) groups is 1. The molecule has 3 nitrogen and oxygen atoms in total. The molecule has 0 aromatic heterocycles. The van der Waals surface area contributed by atoms with Crippen molar-refractivity contribution < 1.29 is 14.3 Å². The van der Waals surface area contributed by atoms with Gasteiger partial charge in [0.1, 0.15) is 0 Å². The van der Waals surface area contributed by atoms with E-state index in [1.165, 1.54) is 0 Å². The van der Waals surface area contributed by atoms with Crippen LogP contribution in [0.15, 0.2) is 0 Å². The molecule has 1 rings (SSSR count). The van der Waals surface area contributed by atoms with Crippen molar-refractivity contribution in [1.82, 2.24) is 0 Å². The zero-order chi connectivity index (χ0) is 12.7. The Labute approximate surface area is 104 Å². The predicted molar refractivity (Wildman–Crippen MR) is 66.4 cm³/mol. The number of rotatable bonds is 4. The van der Waals surface area contributed by atoms with Crippen LogP contribution in [0.2, 0.25) is 0 Å². The van der Waals surface area contributed by atoms with Crippen molar-refractivity contribution >= 4 is 5.97 Å². The van der Waals surface area contributed by atoms with E-state index in [1.807, 2.05) is 6.92 Å². The van der Waals surface area contributed by atoms with Crippen LogP contribution in [0, 0.1) is 17.8 Å². The Balaban J connectivity index is 2.40. The smallest absolute Gasteiger partial charge is 0.310 e. The lowest BCUT2D eigenvalue weighted by Crippen LogP contribution is -2.29. The molecule has 0 amide bonds. The summed E-state index contributed by atoms with van der Waals surface area (Å²) in [6.45, 7) is 3.74. The minimum Gasteiger partial charge on any atom is -0.449 e. The van der Waals surface area contributed by atoms with Crippen LogP contribution in [0.4, 0.5) is 0 Å². The van der Waals surface area contributed by atoms with E-state index in [4.69, 9.17) is 9.47 Å². The summed E-state index contributed by atoms with van der Waals surface area (Å²) in [6, 6.07) is 0. The molecule has 1 aliphatic carbocycles. The fraction of sp³-hybridized carbons (Fsp3) is 0.786. The Kier molecular flexibility index (Phi) is 6.07. The van der Waals surface area contributed by atoms with Crippen LogP contribution in [-0.2, 0) is 14.3 Å². The SMILES string of the molecule is CC#CC(CC)OC(=O)C1CCC(OC)CC1. The van der Waals surface area contributed by atoms with Crippen LogP contribution >= 0.6 is 0 Å². The van der Waals surface area contributed by atoms with Crippen molar-refractivity contribution in [2.75, 3.05) is 7.11 Å². The topological polar surface area (TPSA) is 35.5 Å². The number of methoxy groups -OCH3 is 1. The third-order valence-electron chi connectivity index (χ3n) is 3.28. The summed E-state index contributed by atoms with van der Waals surface area (Å²) in [6.07, 6.45) is 4.46. The molecule has 0 saturated heterocycles. The first-order valence-corrected chi connectivity index (χ1v) is 6.36. The Morgan fingerprint density at radius 1 is 1.35 bits per heavy atom. The van der Waals surface area contributed by atoms with Crippen molar-refractivity contribution in [3.05, 3.63) is 0 Å². The van der Waals surface area contributed by atoms with Crippen molar-refractivity contribution in [2.24, 2.45) is 5.92 Å². The molecule has 1 saturated carbocycles.